The van der Waals surface area contributed by atoms with Crippen molar-refractivity contribution in [3.05, 3.63) is 41.0 Å². The molecule has 0 spiro atoms. The number of hydrogen-bond donors (Lipinski definition) is 1. The first kappa shape index (κ1) is 15.7. The van der Waals surface area contributed by atoms with Gasteiger partial charge in [0.1, 0.15) is 10.7 Å². The largest absolute Gasteiger partial charge is 0.340 e. The predicted molar refractivity (Wildman–Crippen MR) is 94.1 cm³/mol. The van der Waals surface area contributed by atoms with Gasteiger partial charge in [-0.25, -0.2) is 0 Å². The number of rotatable bonds is 5. The van der Waals surface area contributed by atoms with Gasteiger partial charge < -0.3 is 4.57 Å². The molecule has 0 radical (unpaired) electrons. The number of anilines is 1. The van der Waals surface area contributed by atoms with E-state index in [1.54, 1.807) is 0 Å². The Morgan fingerprint density at radius 2 is 2.00 bits per heavy atom. The molecule has 3 rings (SSSR count). The lowest BCUT2D eigenvalue weighted by atomic mass is 10.1. The lowest BCUT2D eigenvalue weighted by Gasteiger charge is -2.06. The third-order valence-corrected chi connectivity index (χ3v) is 5.18. The molecule has 1 N–H and O–H groups in total. The third-order valence-electron chi connectivity index (χ3n) is 4.18. The molecule has 2 heterocycles. The van der Waals surface area contributed by atoms with Gasteiger partial charge in [0.2, 0.25) is 5.13 Å². The first-order chi connectivity index (χ1) is 11.1. The van der Waals surface area contributed by atoms with Crippen LogP contribution in [0.5, 0.6) is 0 Å². The molecule has 0 saturated carbocycles. The lowest BCUT2D eigenvalue weighted by Crippen LogP contribution is -2.15. The topological polar surface area (TPSA) is 59.8 Å². The van der Waals surface area contributed by atoms with Gasteiger partial charge in [0, 0.05) is 23.9 Å². The van der Waals surface area contributed by atoms with Gasteiger partial charge in [0.05, 0.1) is 0 Å². The van der Waals surface area contributed by atoms with Crippen molar-refractivity contribution in [1.29, 1.82) is 0 Å². The Bertz CT molecular complexity index is 832. The summed E-state index contributed by atoms with van der Waals surface area (Å²) in [6, 6.07) is 9.84. The molecule has 0 fully saturated rings. The van der Waals surface area contributed by atoms with Crippen molar-refractivity contribution in [2.75, 3.05) is 5.32 Å². The van der Waals surface area contributed by atoms with E-state index in [1.807, 2.05) is 41.9 Å². The highest BCUT2D eigenvalue weighted by Gasteiger charge is 2.17. The zero-order chi connectivity index (χ0) is 16.4. The molecule has 0 unspecified atom stereocenters. The van der Waals surface area contributed by atoms with Crippen LogP contribution in [0.15, 0.2) is 30.3 Å². The maximum Gasteiger partial charge on any atom is 0.274 e. The summed E-state index contributed by atoms with van der Waals surface area (Å²) in [5, 5.41) is 13.8. The van der Waals surface area contributed by atoms with Crippen LogP contribution in [0.3, 0.4) is 0 Å². The van der Waals surface area contributed by atoms with E-state index in [2.05, 4.69) is 29.4 Å². The molecule has 1 aromatic carbocycles. The van der Waals surface area contributed by atoms with Crippen LogP contribution in [0.4, 0.5) is 5.13 Å². The number of amides is 1. The van der Waals surface area contributed by atoms with E-state index in [-0.39, 0.29) is 5.91 Å². The minimum Gasteiger partial charge on any atom is -0.340 e. The number of carbonyl (C=O) groups is 1. The van der Waals surface area contributed by atoms with E-state index in [9.17, 15) is 4.79 Å². The number of hydrogen-bond acceptors (Lipinski definition) is 4. The first-order valence-electron chi connectivity index (χ1n) is 7.83. The number of benzene rings is 1. The normalized spacial score (nSPS) is 11.3. The van der Waals surface area contributed by atoms with Crippen LogP contribution >= 0.6 is 11.3 Å². The minimum atomic E-state index is -0.157. The second kappa shape index (κ2) is 6.50. The van der Waals surface area contributed by atoms with Gasteiger partial charge in [-0.1, -0.05) is 43.4 Å². The molecule has 0 atom stereocenters. The van der Waals surface area contributed by atoms with Crippen molar-refractivity contribution in [2.24, 2.45) is 7.05 Å². The summed E-state index contributed by atoms with van der Waals surface area (Å²) in [6.45, 7) is 4.28. The first-order valence-corrected chi connectivity index (χ1v) is 8.64. The molecule has 2 aromatic heterocycles. The fourth-order valence-corrected chi connectivity index (χ4v) is 3.76. The highest BCUT2D eigenvalue weighted by atomic mass is 32.1. The number of aromatic nitrogens is 3. The Morgan fingerprint density at radius 1 is 1.26 bits per heavy atom. The maximum atomic E-state index is 12.5. The van der Waals surface area contributed by atoms with E-state index in [1.165, 1.54) is 11.3 Å². The van der Waals surface area contributed by atoms with Gasteiger partial charge in [0.15, 0.2) is 0 Å². The van der Waals surface area contributed by atoms with Crippen LogP contribution in [-0.2, 0) is 7.05 Å². The third kappa shape index (κ3) is 2.99. The SMILES string of the molecule is CCC(CC)c1nnc(NC(=O)c2cc3ccccc3n2C)s1. The van der Waals surface area contributed by atoms with Crippen molar-refractivity contribution in [1.82, 2.24) is 14.8 Å². The second-order valence-corrected chi connectivity index (χ2v) is 6.57. The second-order valence-electron chi connectivity index (χ2n) is 5.56. The average Bonchev–Trinajstić information content (AvgIpc) is 3.14. The van der Waals surface area contributed by atoms with Crippen LogP contribution < -0.4 is 5.32 Å². The van der Waals surface area contributed by atoms with E-state index >= 15 is 0 Å². The Morgan fingerprint density at radius 3 is 2.70 bits per heavy atom. The monoisotopic (exact) mass is 328 g/mol. The number of fused-ring (bicyclic) bond motifs is 1. The summed E-state index contributed by atoms with van der Waals surface area (Å²) in [5.74, 6) is 0.256. The van der Waals surface area contributed by atoms with Crippen LogP contribution in [-0.4, -0.2) is 20.7 Å². The van der Waals surface area contributed by atoms with Crippen LogP contribution in [0.25, 0.3) is 10.9 Å². The lowest BCUT2D eigenvalue weighted by molar-refractivity contribution is 0.101. The van der Waals surface area contributed by atoms with Crippen molar-refractivity contribution >= 4 is 33.3 Å². The van der Waals surface area contributed by atoms with Gasteiger partial charge >= 0.3 is 0 Å². The zero-order valence-electron chi connectivity index (χ0n) is 13.5. The molecule has 3 aromatic rings. The Kier molecular flexibility index (Phi) is 4.43. The molecule has 6 heteroatoms. The minimum absolute atomic E-state index is 0.157. The smallest absolute Gasteiger partial charge is 0.274 e. The van der Waals surface area contributed by atoms with Gasteiger partial charge in [-0.3, -0.25) is 10.1 Å². The Balaban J connectivity index is 1.82. The quantitative estimate of drug-likeness (QED) is 0.764. The molecule has 23 heavy (non-hydrogen) atoms. The molecule has 0 aliphatic rings. The Labute approximate surface area is 139 Å². The highest BCUT2D eigenvalue weighted by molar-refractivity contribution is 7.15. The number of nitrogens with zero attached hydrogens (tertiary/aromatic N) is 3. The molecule has 0 saturated heterocycles. The molecule has 120 valence electrons. The molecule has 0 aliphatic heterocycles. The van der Waals surface area contributed by atoms with Gasteiger partial charge in [-0.05, 0) is 25.0 Å². The van der Waals surface area contributed by atoms with Crippen molar-refractivity contribution in [3.8, 4) is 0 Å². The van der Waals surface area contributed by atoms with Crippen LogP contribution in [0.1, 0.15) is 48.1 Å². The number of aryl methyl sites for hydroxylation is 1. The van der Waals surface area contributed by atoms with Gasteiger partial charge in [-0.2, -0.15) is 0 Å². The summed E-state index contributed by atoms with van der Waals surface area (Å²) in [7, 11) is 1.90. The molecule has 1 amide bonds. The zero-order valence-corrected chi connectivity index (χ0v) is 14.4. The standard InChI is InChI=1S/C17H20N4OS/c1-4-11(5-2)16-19-20-17(23-16)18-15(22)14-10-12-8-6-7-9-13(12)21(14)3/h6-11H,4-5H2,1-3H3,(H,18,20,22). The van der Waals surface area contributed by atoms with Crippen LogP contribution in [0.2, 0.25) is 0 Å². The fraction of sp³-hybridized carbons (Fsp3) is 0.353. The maximum absolute atomic E-state index is 12.5. The molecular formula is C17H20N4OS. The molecule has 0 bridgehead atoms. The van der Waals surface area contributed by atoms with Crippen LogP contribution in [0, 0.1) is 0 Å². The summed E-state index contributed by atoms with van der Waals surface area (Å²) >= 11 is 1.46. The van der Waals surface area contributed by atoms with E-state index < -0.39 is 0 Å². The Hall–Kier alpha value is -2.21. The predicted octanol–water partition coefficient (Wildman–Crippen LogP) is 4.19. The highest BCUT2D eigenvalue weighted by Crippen LogP contribution is 2.28. The fourth-order valence-electron chi connectivity index (χ4n) is 2.76. The summed E-state index contributed by atoms with van der Waals surface area (Å²) in [5.41, 5.74) is 1.65. The average molecular weight is 328 g/mol. The summed E-state index contributed by atoms with van der Waals surface area (Å²) in [4.78, 5) is 12.5. The van der Waals surface area contributed by atoms with E-state index in [0.29, 0.717) is 16.7 Å². The molecule has 5 nitrogen and oxygen atoms in total. The van der Waals surface area contributed by atoms with Crippen molar-refractivity contribution < 1.29 is 4.79 Å². The number of nitrogens with one attached hydrogen (secondary N) is 1. The van der Waals surface area contributed by atoms with Gasteiger partial charge in [-0.15, -0.1) is 10.2 Å². The summed E-state index contributed by atoms with van der Waals surface area (Å²) < 4.78 is 1.90. The number of carbonyl (C=O) groups excluding carboxylic acids is 1. The number of para-hydroxylation sites is 1. The van der Waals surface area contributed by atoms with Crippen molar-refractivity contribution in [2.45, 2.75) is 32.6 Å². The van der Waals surface area contributed by atoms with E-state index in [4.69, 9.17) is 0 Å². The van der Waals surface area contributed by atoms with Gasteiger partial charge in [0.25, 0.3) is 5.91 Å². The molecular weight excluding hydrogens is 308 g/mol. The van der Waals surface area contributed by atoms with E-state index in [0.717, 1.165) is 28.8 Å². The van der Waals surface area contributed by atoms with Crippen molar-refractivity contribution in [3.63, 3.8) is 0 Å². The molecule has 0 aliphatic carbocycles. The summed E-state index contributed by atoms with van der Waals surface area (Å²) in [6.07, 6.45) is 2.06.